The number of carboxylic acids is 1. The fourth-order valence-corrected chi connectivity index (χ4v) is 2.02. The molecule has 0 aliphatic rings. The van der Waals surface area contributed by atoms with E-state index in [4.69, 9.17) is 33.9 Å². The van der Waals surface area contributed by atoms with Crippen LogP contribution in [0.5, 0.6) is 0 Å². The molecule has 12 heteroatoms. The number of rotatable bonds is 8. The Kier molecular flexibility index (Phi) is 6.84. The monoisotopic (exact) mass is 385 g/mol. The van der Waals surface area contributed by atoms with Crippen molar-refractivity contribution >= 4 is 46.9 Å². The molecule has 26 heavy (non-hydrogen) atoms. The smallest absolute Gasteiger partial charge is 0.303 e. The number of guanidine groups is 1. The van der Waals surface area contributed by atoms with E-state index in [-0.39, 0.29) is 47.7 Å². The number of nitrogens with two attached hydrogens (primary N) is 3. The van der Waals surface area contributed by atoms with Gasteiger partial charge in [0.2, 0.25) is 0 Å². The Morgan fingerprint density at radius 1 is 1.27 bits per heavy atom. The van der Waals surface area contributed by atoms with Crippen LogP contribution in [0.3, 0.4) is 0 Å². The van der Waals surface area contributed by atoms with Gasteiger partial charge in [0.1, 0.15) is 0 Å². The zero-order chi connectivity index (χ0) is 20.1. The number of aliphatic carboxylic acids is 1. The van der Waals surface area contributed by atoms with E-state index in [0.29, 0.717) is 0 Å². The number of nitrogens with zero attached hydrogens (tertiary/aromatic N) is 3. The van der Waals surface area contributed by atoms with Gasteiger partial charge in [-0.1, -0.05) is 25.4 Å². The van der Waals surface area contributed by atoms with Crippen molar-refractivity contribution in [2.24, 2.45) is 21.9 Å². The van der Waals surface area contributed by atoms with Crippen molar-refractivity contribution in [1.82, 2.24) is 9.97 Å². The SMILES string of the molecule is CC(C)(CCC(=O)O)C(=O)CNc1nc(N)c(C(=O)N=C(N)N)nc1Cl. The number of halogens is 1. The maximum atomic E-state index is 12.3. The van der Waals surface area contributed by atoms with Gasteiger partial charge in [-0.3, -0.25) is 14.4 Å². The summed E-state index contributed by atoms with van der Waals surface area (Å²) in [5.74, 6) is -2.90. The van der Waals surface area contributed by atoms with E-state index < -0.39 is 23.3 Å². The Balaban J connectivity index is 2.87. The van der Waals surface area contributed by atoms with Crippen LogP contribution in [0.25, 0.3) is 0 Å². The number of nitrogens with one attached hydrogen (secondary N) is 1. The fraction of sp³-hybridized carbons (Fsp3) is 0.429. The summed E-state index contributed by atoms with van der Waals surface area (Å²) in [6.45, 7) is 3.10. The zero-order valence-corrected chi connectivity index (χ0v) is 15.0. The van der Waals surface area contributed by atoms with Crippen molar-refractivity contribution in [2.45, 2.75) is 26.7 Å². The number of hydrogen-bond donors (Lipinski definition) is 5. The van der Waals surface area contributed by atoms with Crippen LogP contribution in [0.15, 0.2) is 4.99 Å². The highest BCUT2D eigenvalue weighted by molar-refractivity contribution is 6.32. The molecular formula is C14H20ClN7O4. The minimum absolute atomic E-state index is 0.00667. The van der Waals surface area contributed by atoms with Crippen LogP contribution >= 0.6 is 11.6 Å². The van der Waals surface area contributed by atoms with Crippen LogP contribution in [0.4, 0.5) is 11.6 Å². The highest BCUT2D eigenvalue weighted by Crippen LogP contribution is 2.25. The zero-order valence-electron chi connectivity index (χ0n) is 14.2. The lowest BCUT2D eigenvalue weighted by atomic mass is 9.83. The van der Waals surface area contributed by atoms with E-state index in [9.17, 15) is 14.4 Å². The molecule has 142 valence electrons. The van der Waals surface area contributed by atoms with Gasteiger partial charge in [0.25, 0.3) is 0 Å². The number of anilines is 2. The van der Waals surface area contributed by atoms with Crippen LogP contribution < -0.4 is 22.5 Å². The third-order valence-corrected chi connectivity index (χ3v) is 3.71. The first kappa shape index (κ1) is 21.1. The van der Waals surface area contributed by atoms with E-state index in [1.165, 1.54) is 0 Å². The average molecular weight is 386 g/mol. The van der Waals surface area contributed by atoms with Crippen molar-refractivity contribution < 1.29 is 19.5 Å². The van der Waals surface area contributed by atoms with Crippen molar-refractivity contribution in [3.63, 3.8) is 0 Å². The first-order valence-electron chi connectivity index (χ1n) is 7.40. The van der Waals surface area contributed by atoms with Gasteiger partial charge in [-0.15, -0.1) is 0 Å². The van der Waals surface area contributed by atoms with Gasteiger partial charge in [-0.05, 0) is 6.42 Å². The first-order chi connectivity index (χ1) is 11.9. The number of carbonyl (C=O) groups is 3. The van der Waals surface area contributed by atoms with Crippen LogP contribution in [0, 0.1) is 5.41 Å². The Morgan fingerprint density at radius 2 is 1.88 bits per heavy atom. The van der Waals surface area contributed by atoms with Gasteiger partial charge in [-0.25, -0.2) is 9.97 Å². The lowest BCUT2D eigenvalue weighted by molar-refractivity contribution is -0.138. The third-order valence-electron chi connectivity index (χ3n) is 3.45. The molecule has 0 saturated carbocycles. The molecule has 0 fully saturated rings. The number of aromatic nitrogens is 2. The van der Waals surface area contributed by atoms with Crippen molar-refractivity contribution in [2.75, 3.05) is 17.6 Å². The van der Waals surface area contributed by atoms with Gasteiger partial charge in [0.05, 0.1) is 6.54 Å². The van der Waals surface area contributed by atoms with Gasteiger partial charge >= 0.3 is 11.9 Å². The summed E-state index contributed by atoms with van der Waals surface area (Å²) in [6.07, 6.45) is 0.0458. The predicted molar refractivity (Wildman–Crippen MR) is 95.7 cm³/mol. The molecule has 0 bridgehead atoms. The quantitative estimate of drug-likeness (QED) is 0.299. The van der Waals surface area contributed by atoms with Crippen molar-refractivity contribution in [1.29, 1.82) is 0 Å². The average Bonchev–Trinajstić information content (AvgIpc) is 2.52. The summed E-state index contributed by atoms with van der Waals surface area (Å²) in [7, 11) is 0. The van der Waals surface area contributed by atoms with E-state index in [0.717, 1.165) is 0 Å². The van der Waals surface area contributed by atoms with Crippen LogP contribution in [0.2, 0.25) is 5.15 Å². The second-order valence-electron chi connectivity index (χ2n) is 5.99. The number of Topliss-reactive ketones (excluding diaryl/α,β-unsaturated/α-hetero) is 1. The lowest BCUT2D eigenvalue weighted by Crippen LogP contribution is -2.31. The van der Waals surface area contributed by atoms with Gasteiger partial charge in [0, 0.05) is 11.8 Å². The number of hydrogen-bond acceptors (Lipinski definition) is 7. The van der Waals surface area contributed by atoms with Crippen molar-refractivity contribution in [3.8, 4) is 0 Å². The molecule has 0 atom stereocenters. The summed E-state index contributed by atoms with van der Waals surface area (Å²) >= 11 is 5.94. The molecule has 0 aromatic carbocycles. The molecule has 8 N–H and O–H groups in total. The normalized spacial score (nSPS) is 10.9. The summed E-state index contributed by atoms with van der Waals surface area (Å²) in [5.41, 5.74) is 14.7. The number of amides is 1. The third kappa shape index (κ3) is 5.84. The van der Waals surface area contributed by atoms with Crippen LogP contribution in [-0.2, 0) is 9.59 Å². The minimum atomic E-state index is -0.985. The molecule has 0 saturated heterocycles. The minimum Gasteiger partial charge on any atom is -0.481 e. The number of carboxylic acid groups (broad SMARTS) is 1. The largest absolute Gasteiger partial charge is 0.481 e. The lowest BCUT2D eigenvalue weighted by Gasteiger charge is -2.22. The predicted octanol–water partition coefficient (Wildman–Crippen LogP) is -0.00220. The molecule has 0 aliphatic carbocycles. The Bertz CT molecular complexity index is 760. The molecule has 1 aromatic heterocycles. The molecule has 0 spiro atoms. The van der Waals surface area contributed by atoms with Gasteiger partial charge in [0.15, 0.2) is 34.2 Å². The van der Waals surface area contributed by atoms with Crippen molar-refractivity contribution in [3.05, 3.63) is 10.8 Å². The second kappa shape index (κ2) is 8.43. The van der Waals surface area contributed by atoms with E-state index in [1.54, 1.807) is 13.8 Å². The highest BCUT2D eigenvalue weighted by atomic mass is 35.5. The van der Waals surface area contributed by atoms with E-state index in [2.05, 4.69) is 20.3 Å². The number of carbonyl (C=O) groups excluding carboxylic acids is 2. The molecule has 0 unspecified atom stereocenters. The van der Waals surface area contributed by atoms with Crippen LogP contribution in [-0.4, -0.2) is 45.2 Å². The summed E-state index contributed by atoms with van der Waals surface area (Å²) in [4.78, 5) is 45.6. The molecule has 1 rings (SSSR count). The van der Waals surface area contributed by atoms with Gasteiger partial charge < -0.3 is 27.6 Å². The Morgan fingerprint density at radius 3 is 2.42 bits per heavy atom. The standard InChI is InChI=1S/C14H20ClN7O4/c1-14(2,4-3-7(24)25)6(23)5-19-11-9(15)20-8(10(16)21-11)12(26)22-13(17)18/h3-5H2,1-2H3,(H,24,25)(H3,16,19,21)(H4,17,18,22,26). The topological polar surface area (TPSA) is 200 Å². The molecule has 1 amide bonds. The molecule has 0 aliphatic heterocycles. The van der Waals surface area contributed by atoms with Gasteiger partial charge in [-0.2, -0.15) is 4.99 Å². The molecular weight excluding hydrogens is 366 g/mol. The molecule has 1 aromatic rings. The van der Waals surface area contributed by atoms with Crippen LogP contribution in [0.1, 0.15) is 37.2 Å². The number of ketones is 1. The van der Waals surface area contributed by atoms with E-state index in [1.807, 2.05) is 0 Å². The van der Waals surface area contributed by atoms with E-state index >= 15 is 0 Å². The Labute approximate surface area is 154 Å². The number of aliphatic imine (C=N–C) groups is 1. The Hall–Kier alpha value is -2.95. The summed E-state index contributed by atoms with van der Waals surface area (Å²) in [6, 6.07) is 0. The summed E-state index contributed by atoms with van der Waals surface area (Å²) < 4.78 is 0. The molecule has 11 nitrogen and oxygen atoms in total. The maximum absolute atomic E-state index is 12.3. The maximum Gasteiger partial charge on any atom is 0.303 e. The molecule has 0 radical (unpaired) electrons. The summed E-state index contributed by atoms with van der Waals surface area (Å²) in [5, 5.41) is 11.2. The highest BCUT2D eigenvalue weighted by Gasteiger charge is 2.28. The first-order valence-corrected chi connectivity index (χ1v) is 7.77. The molecule has 1 heterocycles. The second-order valence-corrected chi connectivity index (χ2v) is 6.35. The number of nitrogen functional groups attached to an aromatic ring is 1. The fourth-order valence-electron chi connectivity index (χ4n) is 1.83.